The van der Waals surface area contributed by atoms with Crippen LogP contribution in [0.3, 0.4) is 0 Å². The standard InChI is InChI=1S/C14H17N3O3/c18-13(17-7-1-2-10(8-17)14(19)20)11-5-6-15-12(16-11)9-3-4-9/h5-6,9-10H,1-4,7-8H2,(H,19,20). The minimum Gasteiger partial charge on any atom is -0.481 e. The number of carboxylic acid groups (broad SMARTS) is 1. The third-order valence-corrected chi connectivity index (χ3v) is 3.89. The largest absolute Gasteiger partial charge is 0.481 e. The molecule has 0 radical (unpaired) electrons. The molecule has 1 aliphatic carbocycles. The van der Waals surface area contributed by atoms with Crippen LogP contribution in [0.15, 0.2) is 12.3 Å². The van der Waals surface area contributed by atoms with E-state index < -0.39 is 11.9 Å². The van der Waals surface area contributed by atoms with Gasteiger partial charge in [-0.1, -0.05) is 0 Å². The van der Waals surface area contributed by atoms with Crippen molar-refractivity contribution in [3.8, 4) is 0 Å². The maximum absolute atomic E-state index is 12.4. The number of aliphatic carboxylic acids is 1. The van der Waals surface area contributed by atoms with E-state index >= 15 is 0 Å². The summed E-state index contributed by atoms with van der Waals surface area (Å²) in [5.74, 6) is -0.333. The quantitative estimate of drug-likeness (QED) is 0.898. The van der Waals surface area contributed by atoms with Crippen LogP contribution in [0.25, 0.3) is 0 Å². The molecule has 2 fully saturated rings. The number of nitrogens with zero attached hydrogens (tertiary/aromatic N) is 3. The molecule has 1 saturated heterocycles. The van der Waals surface area contributed by atoms with E-state index in [9.17, 15) is 9.59 Å². The Morgan fingerprint density at radius 2 is 2.10 bits per heavy atom. The summed E-state index contributed by atoms with van der Waals surface area (Å²) in [5.41, 5.74) is 0.382. The minimum atomic E-state index is -0.830. The number of hydrogen-bond acceptors (Lipinski definition) is 4. The van der Waals surface area contributed by atoms with Crippen molar-refractivity contribution < 1.29 is 14.7 Å². The first-order chi connectivity index (χ1) is 9.65. The monoisotopic (exact) mass is 275 g/mol. The molecule has 6 nitrogen and oxygen atoms in total. The number of amides is 1. The molecule has 1 amide bonds. The highest BCUT2D eigenvalue weighted by Crippen LogP contribution is 2.37. The van der Waals surface area contributed by atoms with Gasteiger partial charge < -0.3 is 10.0 Å². The Hall–Kier alpha value is -1.98. The molecule has 1 aliphatic heterocycles. The van der Waals surface area contributed by atoms with Crippen LogP contribution in [0, 0.1) is 5.92 Å². The molecule has 1 saturated carbocycles. The topological polar surface area (TPSA) is 83.4 Å². The molecular weight excluding hydrogens is 258 g/mol. The molecule has 1 N–H and O–H groups in total. The maximum Gasteiger partial charge on any atom is 0.308 e. The number of hydrogen-bond donors (Lipinski definition) is 1. The number of carbonyl (C=O) groups excluding carboxylic acids is 1. The predicted molar refractivity (Wildman–Crippen MR) is 70.3 cm³/mol. The van der Waals surface area contributed by atoms with Crippen molar-refractivity contribution in [2.24, 2.45) is 5.92 Å². The van der Waals surface area contributed by atoms with Gasteiger partial charge in [0.15, 0.2) is 0 Å². The lowest BCUT2D eigenvalue weighted by Crippen LogP contribution is -2.42. The highest BCUT2D eigenvalue weighted by Gasteiger charge is 2.31. The summed E-state index contributed by atoms with van der Waals surface area (Å²) in [6.07, 6.45) is 5.15. The first kappa shape index (κ1) is 13.0. The minimum absolute atomic E-state index is 0.180. The lowest BCUT2D eigenvalue weighted by Gasteiger charge is -2.30. The van der Waals surface area contributed by atoms with E-state index in [0.29, 0.717) is 24.6 Å². The zero-order chi connectivity index (χ0) is 14.1. The second-order valence-corrected chi connectivity index (χ2v) is 5.50. The number of piperidine rings is 1. The van der Waals surface area contributed by atoms with Gasteiger partial charge in [-0.2, -0.15) is 0 Å². The van der Waals surface area contributed by atoms with Gasteiger partial charge in [0.2, 0.25) is 0 Å². The fraction of sp³-hybridized carbons (Fsp3) is 0.571. The highest BCUT2D eigenvalue weighted by atomic mass is 16.4. The van der Waals surface area contributed by atoms with Crippen molar-refractivity contribution >= 4 is 11.9 Å². The Balaban J connectivity index is 1.74. The van der Waals surface area contributed by atoms with Crippen LogP contribution in [0.4, 0.5) is 0 Å². The van der Waals surface area contributed by atoms with Gasteiger partial charge in [0.05, 0.1) is 5.92 Å². The average molecular weight is 275 g/mol. The highest BCUT2D eigenvalue weighted by molar-refractivity contribution is 5.92. The lowest BCUT2D eigenvalue weighted by atomic mass is 9.98. The summed E-state index contributed by atoms with van der Waals surface area (Å²) in [6.45, 7) is 0.877. The number of rotatable bonds is 3. The molecule has 0 bridgehead atoms. The Morgan fingerprint density at radius 1 is 1.30 bits per heavy atom. The second kappa shape index (κ2) is 5.19. The third-order valence-electron chi connectivity index (χ3n) is 3.89. The Labute approximate surface area is 116 Å². The van der Waals surface area contributed by atoms with E-state index in [1.807, 2.05) is 0 Å². The van der Waals surface area contributed by atoms with E-state index in [4.69, 9.17) is 5.11 Å². The molecule has 6 heteroatoms. The van der Waals surface area contributed by atoms with E-state index in [1.54, 1.807) is 17.2 Å². The Kier molecular flexibility index (Phi) is 3.38. The molecule has 3 rings (SSSR count). The van der Waals surface area contributed by atoms with Crippen LogP contribution in [0.5, 0.6) is 0 Å². The SMILES string of the molecule is O=C(O)C1CCCN(C(=O)c2ccnc(C3CC3)n2)C1. The van der Waals surface area contributed by atoms with Gasteiger partial charge in [0, 0.05) is 25.2 Å². The Bertz CT molecular complexity index is 542. The van der Waals surface area contributed by atoms with Crippen molar-refractivity contribution in [1.82, 2.24) is 14.9 Å². The summed E-state index contributed by atoms with van der Waals surface area (Å²) in [5, 5.41) is 9.07. The number of aromatic nitrogens is 2. The van der Waals surface area contributed by atoms with Crippen molar-refractivity contribution in [2.45, 2.75) is 31.6 Å². The van der Waals surface area contributed by atoms with Gasteiger partial charge in [-0.15, -0.1) is 0 Å². The zero-order valence-electron chi connectivity index (χ0n) is 11.2. The van der Waals surface area contributed by atoms with Crippen molar-refractivity contribution in [2.75, 3.05) is 13.1 Å². The molecule has 1 atom stereocenters. The average Bonchev–Trinajstić information content (AvgIpc) is 3.31. The number of likely N-dealkylation sites (tertiary alicyclic amines) is 1. The summed E-state index contributed by atoms with van der Waals surface area (Å²) in [7, 11) is 0. The van der Waals surface area contributed by atoms with Gasteiger partial charge >= 0.3 is 5.97 Å². The van der Waals surface area contributed by atoms with Gasteiger partial charge in [-0.3, -0.25) is 9.59 Å². The van der Waals surface area contributed by atoms with Crippen LogP contribution in [-0.4, -0.2) is 44.9 Å². The summed E-state index contributed by atoms with van der Waals surface area (Å²) >= 11 is 0. The summed E-state index contributed by atoms with van der Waals surface area (Å²) in [4.78, 5) is 33.6. The normalized spacial score (nSPS) is 22.6. The fourth-order valence-electron chi connectivity index (χ4n) is 2.56. The van der Waals surface area contributed by atoms with Crippen LogP contribution in [-0.2, 0) is 4.79 Å². The Morgan fingerprint density at radius 3 is 2.80 bits per heavy atom. The first-order valence-corrected chi connectivity index (χ1v) is 7.00. The maximum atomic E-state index is 12.4. The summed E-state index contributed by atoms with van der Waals surface area (Å²) in [6, 6.07) is 1.61. The molecule has 1 unspecified atom stereocenters. The third kappa shape index (κ3) is 2.64. The van der Waals surface area contributed by atoms with Gasteiger partial charge in [0.1, 0.15) is 11.5 Å². The van der Waals surface area contributed by atoms with Crippen LogP contribution in [0.1, 0.15) is 47.9 Å². The van der Waals surface area contributed by atoms with E-state index in [-0.39, 0.29) is 12.5 Å². The zero-order valence-corrected chi connectivity index (χ0v) is 11.2. The molecule has 0 spiro atoms. The van der Waals surface area contributed by atoms with Crippen molar-refractivity contribution in [1.29, 1.82) is 0 Å². The molecule has 2 heterocycles. The molecule has 2 aliphatic rings. The predicted octanol–water partition coefficient (Wildman–Crippen LogP) is 1.29. The molecule has 106 valence electrons. The van der Waals surface area contributed by atoms with Crippen LogP contribution >= 0.6 is 0 Å². The fourth-order valence-corrected chi connectivity index (χ4v) is 2.56. The molecule has 0 aromatic carbocycles. The van der Waals surface area contributed by atoms with Crippen LogP contribution < -0.4 is 0 Å². The molecule has 1 aromatic heterocycles. The van der Waals surface area contributed by atoms with Gasteiger partial charge in [-0.05, 0) is 31.7 Å². The van der Waals surface area contributed by atoms with Gasteiger partial charge in [0.25, 0.3) is 5.91 Å². The molecule has 1 aromatic rings. The summed E-state index contributed by atoms with van der Waals surface area (Å²) < 4.78 is 0. The van der Waals surface area contributed by atoms with E-state index in [1.165, 1.54) is 0 Å². The number of carboxylic acids is 1. The van der Waals surface area contributed by atoms with E-state index in [2.05, 4.69) is 9.97 Å². The number of carbonyl (C=O) groups is 2. The van der Waals surface area contributed by atoms with Gasteiger partial charge in [-0.25, -0.2) is 9.97 Å². The second-order valence-electron chi connectivity index (χ2n) is 5.50. The van der Waals surface area contributed by atoms with Crippen LogP contribution in [0.2, 0.25) is 0 Å². The lowest BCUT2D eigenvalue weighted by molar-refractivity contribution is -0.143. The molecular formula is C14H17N3O3. The van der Waals surface area contributed by atoms with Crippen molar-refractivity contribution in [3.63, 3.8) is 0 Å². The molecule has 20 heavy (non-hydrogen) atoms. The smallest absolute Gasteiger partial charge is 0.308 e. The van der Waals surface area contributed by atoms with Crippen molar-refractivity contribution in [3.05, 3.63) is 23.8 Å². The van der Waals surface area contributed by atoms with E-state index in [0.717, 1.165) is 25.1 Å². The first-order valence-electron chi connectivity index (χ1n) is 7.00.